The van der Waals surface area contributed by atoms with Crippen LogP contribution < -0.4 is 14.8 Å². The molecule has 1 heterocycles. The maximum Gasteiger partial charge on any atom is 0.161 e. The number of hydrogen-bond acceptors (Lipinski definition) is 4. The highest BCUT2D eigenvalue weighted by molar-refractivity contribution is 5.43. The minimum atomic E-state index is 0.145. The van der Waals surface area contributed by atoms with E-state index in [2.05, 4.69) is 18.3 Å². The van der Waals surface area contributed by atoms with Crippen molar-refractivity contribution in [2.75, 3.05) is 13.7 Å². The van der Waals surface area contributed by atoms with E-state index in [0.29, 0.717) is 12.1 Å². The van der Waals surface area contributed by atoms with Crippen LogP contribution in [-0.4, -0.2) is 32.0 Å². The van der Waals surface area contributed by atoms with E-state index in [1.165, 1.54) is 5.56 Å². The quantitative estimate of drug-likeness (QED) is 0.874. The van der Waals surface area contributed by atoms with Crippen LogP contribution in [-0.2, 0) is 11.3 Å². The minimum absolute atomic E-state index is 0.145. The number of rotatable bonds is 6. The lowest BCUT2D eigenvalue weighted by Gasteiger charge is -2.28. The second kappa shape index (κ2) is 7.66. The van der Waals surface area contributed by atoms with E-state index in [4.69, 9.17) is 14.2 Å². The molecule has 1 N–H and O–H groups in total. The Morgan fingerprint density at radius 2 is 2.14 bits per heavy atom. The van der Waals surface area contributed by atoms with Crippen molar-refractivity contribution >= 4 is 0 Å². The zero-order valence-corrected chi connectivity index (χ0v) is 13.5. The molecule has 0 radical (unpaired) electrons. The topological polar surface area (TPSA) is 39.7 Å². The largest absolute Gasteiger partial charge is 0.493 e. The Balaban J connectivity index is 1.94. The first kappa shape index (κ1) is 16.1. The third-order valence-electron chi connectivity index (χ3n) is 3.67. The van der Waals surface area contributed by atoms with Gasteiger partial charge in [-0.1, -0.05) is 6.07 Å². The molecule has 2 rings (SSSR count). The van der Waals surface area contributed by atoms with Gasteiger partial charge in [-0.2, -0.15) is 0 Å². The Labute approximate surface area is 127 Å². The second-order valence-corrected chi connectivity index (χ2v) is 5.94. The van der Waals surface area contributed by atoms with Crippen LogP contribution in [0.25, 0.3) is 0 Å². The Kier molecular flexibility index (Phi) is 5.88. The number of methoxy groups -OCH3 is 1. The molecule has 118 valence electrons. The predicted octanol–water partition coefficient (Wildman–Crippen LogP) is 3.14. The summed E-state index contributed by atoms with van der Waals surface area (Å²) in [6.07, 6.45) is 2.65. The molecular weight excluding hydrogens is 266 g/mol. The Morgan fingerprint density at radius 3 is 2.81 bits per heavy atom. The van der Waals surface area contributed by atoms with Gasteiger partial charge in [0.05, 0.1) is 19.3 Å². The molecule has 4 nitrogen and oxygen atoms in total. The van der Waals surface area contributed by atoms with Gasteiger partial charge in [0.2, 0.25) is 0 Å². The SMILES string of the molecule is COc1cc(CNC2CCOC(C)C2)ccc1OC(C)C. The van der Waals surface area contributed by atoms with Gasteiger partial charge in [0, 0.05) is 19.2 Å². The summed E-state index contributed by atoms with van der Waals surface area (Å²) in [6.45, 7) is 7.86. The molecule has 1 aliphatic rings. The molecule has 1 saturated heterocycles. The molecule has 0 aromatic heterocycles. The number of ether oxygens (including phenoxy) is 3. The first-order valence-electron chi connectivity index (χ1n) is 7.77. The van der Waals surface area contributed by atoms with Gasteiger partial charge >= 0.3 is 0 Å². The van der Waals surface area contributed by atoms with Gasteiger partial charge in [0.15, 0.2) is 11.5 Å². The van der Waals surface area contributed by atoms with Crippen LogP contribution in [0.3, 0.4) is 0 Å². The number of nitrogens with one attached hydrogen (secondary N) is 1. The molecule has 0 spiro atoms. The molecule has 2 atom stereocenters. The maximum atomic E-state index is 5.74. The summed E-state index contributed by atoms with van der Waals surface area (Å²) in [5.41, 5.74) is 1.21. The summed E-state index contributed by atoms with van der Waals surface area (Å²) < 4.78 is 16.7. The summed E-state index contributed by atoms with van der Waals surface area (Å²) in [5.74, 6) is 1.60. The van der Waals surface area contributed by atoms with E-state index < -0.39 is 0 Å². The smallest absolute Gasteiger partial charge is 0.161 e. The van der Waals surface area contributed by atoms with E-state index in [1.807, 2.05) is 26.0 Å². The third kappa shape index (κ3) is 4.90. The molecule has 0 amide bonds. The van der Waals surface area contributed by atoms with Crippen molar-refractivity contribution in [1.82, 2.24) is 5.32 Å². The fourth-order valence-electron chi connectivity index (χ4n) is 2.62. The van der Waals surface area contributed by atoms with Crippen molar-refractivity contribution in [2.24, 2.45) is 0 Å². The molecule has 1 fully saturated rings. The van der Waals surface area contributed by atoms with Gasteiger partial charge < -0.3 is 19.5 Å². The first-order valence-corrected chi connectivity index (χ1v) is 7.77. The fraction of sp³-hybridized carbons (Fsp3) is 0.647. The minimum Gasteiger partial charge on any atom is -0.493 e. The van der Waals surface area contributed by atoms with E-state index in [9.17, 15) is 0 Å². The summed E-state index contributed by atoms with van der Waals surface area (Å²) in [5, 5.41) is 3.60. The van der Waals surface area contributed by atoms with Crippen LogP contribution in [0.2, 0.25) is 0 Å². The highest BCUT2D eigenvalue weighted by Crippen LogP contribution is 2.29. The molecule has 1 aliphatic heterocycles. The van der Waals surface area contributed by atoms with Crippen molar-refractivity contribution in [2.45, 2.75) is 58.4 Å². The van der Waals surface area contributed by atoms with Gasteiger partial charge in [0.25, 0.3) is 0 Å². The molecule has 21 heavy (non-hydrogen) atoms. The molecule has 0 aliphatic carbocycles. The normalized spacial score (nSPS) is 22.3. The van der Waals surface area contributed by atoms with E-state index in [0.717, 1.165) is 37.5 Å². The second-order valence-electron chi connectivity index (χ2n) is 5.94. The summed E-state index contributed by atoms with van der Waals surface area (Å²) in [4.78, 5) is 0. The van der Waals surface area contributed by atoms with Crippen LogP contribution >= 0.6 is 0 Å². The number of hydrogen-bond donors (Lipinski definition) is 1. The van der Waals surface area contributed by atoms with Gasteiger partial charge in [-0.05, 0) is 51.3 Å². The third-order valence-corrected chi connectivity index (χ3v) is 3.67. The van der Waals surface area contributed by atoms with Gasteiger partial charge in [0.1, 0.15) is 0 Å². The van der Waals surface area contributed by atoms with Crippen LogP contribution in [0.4, 0.5) is 0 Å². The zero-order chi connectivity index (χ0) is 15.2. The van der Waals surface area contributed by atoms with Gasteiger partial charge in [-0.25, -0.2) is 0 Å². The molecular formula is C17H27NO3. The van der Waals surface area contributed by atoms with E-state index in [1.54, 1.807) is 7.11 Å². The Hall–Kier alpha value is -1.26. The molecule has 4 heteroatoms. The average molecular weight is 293 g/mol. The van der Waals surface area contributed by atoms with Crippen molar-refractivity contribution in [3.63, 3.8) is 0 Å². The lowest BCUT2D eigenvalue weighted by molar-refractivity contribution is 0.0130. The highest BCUT2D eigenvalue weighted by atomic mass is 16.5. The molecule has 1 aromatic rings. The van der Waals surface area contributed by atoms with Crippen molar-refractivity contribution < 1.29 is 14.2 Å². The van der Waals surface area contributed by atoms with Crippen LogP contribution in [0.15, 0.2) is 18.2 Å². The molecule has 0 bridgehead atoms. The predicted molar refractivity (Wildman–Crippen MR) is 84.0 cm³/mol. The average Bonchev–Trinajstić information content (AvgIpc) is 2.45. The van der Waals surface area contributed by atoms with E-state index >= 15 is 0 Å². The maximum absolute atomic E-state index is 5.74. The van der Waals surface area contributed by atoms with Crippen molar-refractivity contribution in [3.8, 4) is 11.5 Å². The number of benzene rings is 1. The zero-order valence-electron chi connectivity index (χ0n) is 13.5. The summed E-state index contributed by atoms with van der Waals surface area (Å²) in [6, 6.07) is 6.66. The highest BCUT2D eigenvalue weighted by Gasteiger charge is 2.18. The van der Waals surface area contributed by atoms with Gasteiger partial charge in [-0.3, -0.25) is 0 Å². The van der Waals surface area contributed by atoms with Crippen LogP contribution in [0, 0.1) is 0 Å². The first-order chi connectivity index (χ1) is 10.1. The molecule has 2 unspecified atom stereocenters. The van der Waals surface area contributed by atoms with Gasteiger partial charge in [-0.15, -0.1) is 0 Å². The summed E-state index contributed by atoms with van der Waals surface area (Å²) >= 11 is 0. The van der Waals surface area contributed by atoms with Crippen LogP contribution in [0.5, 0.6) is 11.5 Å². The lowest BCUT2D eigenvalue weighted by Crippen LogP contribution is -2.37. The lowest BCUT2D eigenvalue weighted by atomic mass is 10.0. The Bertz CT molecular complexity index is 448. The standard InChI is InChI=1S/C17H27NO3/c1-12(2)21-16-6-5-14(10-17(16)19-4)11-18-15-7-8-20-13(3)9-15/h5-6,10,12-13,15,18H,7-9,11H2,1-4H3. The monoisotopic (exact) mass is 293 g/mol. The van der Waals surface area contributed by atoms with Crippen molar-refractivity contribution in [3.05, 3.63) is 23.8 Å². The fourth-order valence-corrected chi connectivity index (χ4v) is 2.62. The summed E-state index contributed by atoms with van der Waals surface area (Å²) in [7, 11) is 1.68. The van der Waals surface area contributed by atoms with E-state index in [-0.39, 0.29) is 6.10 Å². The Morgan fingerprint density at radius 1 is 1.33 bits per heavy atom. The van der Waals surface area contributed by atoms with Crippen LogP contribution in [0.1, 0.15) is 39.2 Å². The molecule has 0 saturated carbocycles. The molecule has 1 aromatic carbocycles. The van der Waals surface area contributed by atoms with Crippen molar-refractivity contribution in [1.29, 1.82) is 0 Å².